The van der Waals surface area contributed by atoms with E-state index >= 15 is 0 Å². The zero-order chi connectivity index (χ0) is 6.81. The summed E-state index contributed by atoms with van der Waals surface area (Å²) in [5, 5.41) is 3.12. The van der Waals surface area contributed by atoms with Gasteiger partial charge in [0.05, 0.1) is 0 Å². The molecule has 3 heteroatoms. The fraction of sp³-hybridized carbons (Fsp3) is 0.143. The number of nitrogens with zero attached hydrogens (tertiary/aromatic N) is 2. The van der Waals surface area contributed by atoms with Crippen LogP contribution in [0.15, 0.2) is 33.1 Å². The molecule has 2 nitrogen and oxygen atoms in total. The lowest BCUT2D eigenvalue weighted by Crippen LogP contribution is -2.06. The molecule has 0 aromatic carbocycles. The maximum absolute atomic E-state index is 4.21. The van der Waals surface area contributed by atoms with Crippen LogP contribution in [0.3, 0.4) is 0 Å². The molecule has 2 aliphatic rings. The van der Waals surface area contributed by atoms with Crippen LogP contribution in [0, 0.1) is 0 Å². The lowest BCUT2D eigenvalue weighted by Gasteiger charge is -2.09. The van der Waals surface area contributed by atoms with Crippen LogP contribution < -0.4 is 0 Å². The Balaban J connectivity index is 2.39. The lowest BCUT2D eigenvalue weighted by atomic mass is 10.2. The van der Waals surface area contributed by atoms with Crippen molar-refractivity contribution >= 4 is 23.0 Å². The molecule has 0 aliphatic carbocycles. The van der Waals surface area contributed by atoms with Crippen molar-refractivity contribution in [2.75, 3.05) is 6.67 Å². The van der Waals surface area contributed by atoms with Gasteiger partial charge in [-0.25, -0.2) is 0 Å². The highest BCUT2D eigenvalue weighted by atomic mass is 32.2. The molecule has 0 spiro atoms. The van der Waals surface area contributed by atoms with Gasteiger partial charge in [0.25, 0.3) is 0 Å². The topological polar surface area (TPSA) is 24.7 Å². The summed E-state index contributed by atoms with van der Waals surface area (Å²) in [6, 6.07) is 0. The lowest BCUT2D eigenvalue weighted by molar-refractivity contribution is 1.07. The van der Waals surface area contributed by atoms with E-state index in [9.17, 15) is 0 Å². The third-order valence-electron chi connectivity index (χ3n) is 1.31. The van der Waals surface area contributed by atoms with E-state index in [0.29, 0.717) is 6.67 Å². The number of thioether (sulfide) groups is 1. The average Bonchev–Trinajstić information content (AvgIpc) is 2.05. The molecule has 50 valence electrons. The number of rotatable bonds is 0. The largest absolute Gasteiger partial charge is 0.269 e. The summed E-state index contributed by atoms with van der Waals surface area (Å²) in [4.78, 5) is 8.25. The number of hydrogen-bond acceptors (Lipinski definition) is 3. The van der Waals surface area contributed by atoms with Crippen LogP contribution >= 0.6 is 11.8 Å². The average molecular weight is 150 g/mol. The molecule has 0 aromatic rings. The second kappa shape index (κ2) is 2.42. The molecule has 0 amide bonds. The summed E-state index contributed by atoms with van der Waals surface area (Å²) >= 11 is 1.66. The van der Waals surface area contributed by atoms with Gasteiger partial charge in [0.15, 0.2) is 0 Å². The molecule has 0 fully saturated rings. The van der Waals surface area contributed by atoms with Crippen molar-refractivity contribution in [3.8, 4) is 0 Å². The highest BCUT2D eigenvalue weighted by Gasteiger charge is 2.08. The molecule has 2 rings (SSSR count). The second-order valence-electron chi connectivity index (χ2n) is 1.98. The van der Waals surface area contributed by atoms with E-state index < -0.39 is 0 Å². The Bertz CT molecular complexity index is 261. The molecule has 0 radical (unpaired) electrons. The van der Waals surface area contributed by atoms with Gasteiger partial charge >= 0.3 is 0 Å². The van der Waals surface area contributed by atoms with Crippen LogP contribution in [-0.2, 0) is 0 Å². The number of hydrogen-bond donors (Lipinski definition) is 0. The monoisotopic (exact) mass is 150 g/mol. The van der Waals surface area contributed by atoms with E-state index in [0.717, 1.165) is 10.6 Å². The minimum atomic E-state index is 0.591. The fourth-order valence-electron chi connectivity index (χ4n) is 0.857. The van der Waals surface area contributed by atoms with Gasteiger partial charge in [-0.15, -0.1) is 0 Å². The maximum Gasteiger partial charge on any atom is 0.130 e. The molecular weight excluding hydrogens is 144 g/mol. The second-order valence-corrected chi connectivity index (χ2v) is 2.88. The molecule has 0 atom stereocenters. The number of aliphatic imine (C=N–C) groups is 2. The molecule has 0 aromatic heterocycles. The smallest absolute Gasteiger partial charge is 0.130 e. The van der Waals surface area contributed by atoms with Gasteiger partial charge in [-0.05, 0) is 5.41 Å². The summed E-state index contributed by atoms with van der Waals surface area (Å²) < 4.78 is 0. The van der Waals surface area contributed by atoms with Gasteiger partial charge in [-0.1, -0.05) is 23.9 Å². The van der Waals surface area contributed by atoms with Crippen LogP contribution in [-0.4, -0.2) is 17.9 Å². The van der Waals surface area contributed by atoms with E-state index in [-0.39, 0.29) is 0 Å². The highest BCUT2D eigenvalue weighted by molar-refractivity contribution is 8.17. The molecule has 0 saturated carbocycles. The predicted molar refractivity (Wildman–Crippen MR) is 45.6 cm³/mol. The van der Waals surface area contributed by atoms with E-state index in [1.165, 1.54) is 0 Å². The SMILES string of the molecule is C1=CSC2=NCN=CC2=C1. The first-order valence-electron chi connectivity index (χ1n) is 3.05. The molecular formula is C7H6N2S. The summed E-state index contributed by atoms with van der Waals surface area (Å²) in [5.74, 6) is 0. The minimum Gasteiger partial charge on any atom is -0.269 e. The Morgan fingerprint density at radius 3 is 3.40 bits per heavy atom. The minimum absolute atomic E-state index is 0.591. The third-order valence-corrected chi connectivity index (χ3v) is 2.19. The van der Waals surface area contributed by atoms with Crippen molar-refractivity contribution in [1.29, 1.82) is 0 Å². The fourth-order valence-corrected chi connectivity index (χ4v) is 1.53. The molecule has 0 unspecified atom stereocenters. The number of fused-ring (bicyclic) bond motifs is 1. The van der Waals surface area contributed by atoms with Crippen molar-refractivity contribution < 1.29 is 0 Å². The maximum atomic E-state index is 4.21. The van der Waals surface area contributed by atoms with Gasteiger partial charge in [-0.2, -0.15) is 0 Å². The van der Waals surface area contributed by atoms with E-state index in [4.69, 9.17) is 0 Å². The zero-order valence-corrected chi connectivity index (χ0v) is 6.14. The van der Waals surface area contributed by atoms with Crippen LogP contribution in [0.2, 0.25) is 0 Å². The van der Waals surface area contributed by atoms with E-state index in [1.807, 2.05) is 23.8 Å². The van der Waals surface area contributed by atoms with Crippen LogP contribution in [0.1, 0.15) is 0 Å². The van der Waals surface area contributed by atoms with Crippen molar-refractivity contribution in [2.24, 2.45) is 9.98 Å². The first-order chi connectivity index (χ1) is 4.97. The van der Waals surface area contributed by atoms with Crippen LogP contribution in [0.4, 0.5) is 0 Å². The summed E-state index contributed by atoms with van der Waals surface area (Å²) in [6.45, 7) is 0.591. The standard InChI is InChI=1S/C7H6N2S/c1-2-6-4-8-5-9-7(6)10-3-1/h1-4H,5H2. The van der Waals surface area contributed by atoms with Crippen molar-refractivity contribution in [3.05, 3.63) is 23.1 Å². The third kappa shape index (κ3) is 0.926. The molecule has 2 heterocycles. The van der Waals surface area contributed by atoms with Crippen molar-refractivity contribution in [1.82, 2.24) is 0 Å². The quantitative estimate of drug-likeness (QED) is 0.515. The molecule has 0 N–H and O–H groups in total. The Kier molecular flexibility index (Phi) is 1.43. The van der Waals surface area contributed by atoms with Gasteiger partial charge in [0, 0.05) is 11.8 Å². The normalized spacial score (nSPS) is 21.6. The first-order valence-corrected chi connectivity index (χ1v) is 3.93. The molecule has 2 aliphatic heterocycles. The van der Waals surface area contributed by atoms with Gasteiger partial charge < -0.3 is 0 Å². The summed E-state index contributed by atoms with van der Waals surface area (Å²) in [6.07, 6.45) is 5.91. The van der Waals surface area contributed by atoms with E-state index in [2.05, 4.69) is 9.98 Å². The highest BCUT2D eigenvalue weighted by Crippen LogP contribution is 2.19. The first kappa shape index (κ1) is 5.92. The van der Waals surface area contributed by atoms with Crippen LogP contribution in [0.5, 0.6) is 0 Å². The van der Waals surface area contributed by atoms with E-state index in [1.54, 1.807) is 11.8 Å². The Hall–Kier alpha value is -0.830. The van der Waals surface area contributed by atoms with Gasteiger partial charge in [0.2, 0.25) is 0 Å². The molecule has 0 saturated heterocycles. The zero-order valence-electron chi connectivity index (χ0n) is 5.32. The summed E-state index contributed by atoms with van der Waals surface area (Å²) in [7, 11) is 0. The number of allylic oxidation sites excluding steroid dienone is 2. The van der Waals surface area contributed by atoms with Gasteiger partial charge in [-0.3, -0.25) is 9.98 Å². The van der Waals surface area contributed by atoms with Crippen molar-refractivity contribution in [2.45, 2.75) is 0 Å². The van der Waals surface area contributed by atoms with Crippen LogP contribution in [0.25, 0.3) is 0 Å². The Labute approximate surface area is 63.5 Å². The predicted octanol–water partition coefficient (Wildman–Crippen LogP) is 1.61. The molecule has 10 heavy (non-hydrogen) atoms. The Morgan fingerprint density at radius 1 is 1.50 bits per heavy atom. The van der Waals surface area contributed by atoms with Crippen molar-refractivity contribution in [3.63, 3.8) is 0 Å². The summed E-state index contributed by atoms with van der Waals surface area (Å²) in [5.41, 5.74) is 1.14. The molecule has 0 bridgehead atoms. The van der Waals surface area contributed by atoms with Gasteiger partial charge in [0.1, 0.15) is 11.7 Å². The Morgan fingerprint density at radius 2 is 2.50 bits per heavy atom.